The van der Waals surface area contributed by atoms with E-state index in [1.165, 1.54) is 25.3 Å². The molecule has 0 amide bonds. The van der Waals surface area contributed by atoms with Crippen LogP contribution >= 0.6 is 0 Å². The van der Waals surface area contributed by atoms with Gasteiger partial charge in [0, 0.05) is 12.6 Å². The van der Waals surface area contributed by atoms with Gasteiger partial charge < -0.3 is 19.9 Å². The zero-order valence-electron chi connectivity index (χ0n) is 11.9. The first kappa shape index (κ1) is 16.2. The number of nitrogens with one attached hydrogen (secondary N) is 1. The van der Waals surface area contributed by atoms with Crippen LogP contribution in [0.1, 0.15) is 13.8 Å². The fourth-order valence-electron chi connectivity index (χ4n) is 1.57. The van der Waals surface area contributed by atoms with Crippen LogP contribution in [0.3, 0.4) is 0 Å². The van der Waals surface area contributed by atoms with E-state index in [2.05, 4.69) is 5.32 Å². The molecule has 112 valence electrons. The molecule has 0 bridgehead atoms. The molecule has 7 nitrogen and oxygen atoms in total. The summed E-state index contributed by atoms with van der Waals surface area (Å²) in [5.74, 6) is 0.619. The molecule has 2 N–H and O–H groups in total. The predicted octanol–water partition coefficient (Wildman–Crippen LogP) is 1.34. The molecule has 1 aromatic carbocycles. The van der Waals surface area contributed by atoms with E-state index in [-0.39, 0.29) is 18.0 Å². The summed E-state index contributed by atoms with van der Waals surface area (Å²) in [6.45, 7) is 4.65. The van der Waals surface area contributed by atoms with Crippen LogP contribution in [-0.2, 0) is 0 Å². The number of hydrogen-bond acceptors (Lipinski definition) is 6. The Balaban J connectivity index is 2.79. The topological polar surface area (TPSA) is 93.9 Å². The van der Waals surface area contributed by atoms with Crippen molar-refractivity contribution in [1.82, 2.24) is 5.32 Å². The third-order valence-electron chi connectivity index (χ3n) is 2.65. The molecule has 0 heterocycles. The zero-order valence-corrected chi connectivity index (χ0v) is 11.9. The van der Waals surface area contributed by atoms with Crippen LogP contribution in [-0.4, -0.2) is 42.4 Å². The van der Waals surface area contributed by atoms with Gasteiger partial charge in [0.2, 0.25) is 0 Å². The first-order valence-corrected chi connectivity index (χ1v) is 6.28. The molecule has 7 heteroatoms. The van der Waals surface area contributed by atoms with Gasteiger partial charge in [0.15, 0.2) is 11.5 Å². The van der Waals surface area contributed by atoms with Crippen LogP contribution in [0, 0.1) is 10.1 Å². The van der Waals surface area contributed by atoms with E-state index in [1.54, 1.807) is 6.92 Å². The second-order valence-electron chi connectivity index (χ2n) is 4.66. The average Bonchev–Trinajstić information content (AvgIpc) is 2.42. The van der Waals surface area contributed by atoms with E-state index in [0.717, 1.165) is 6.54 Å². The fourth-order valence-corrected chi connectivity index (χ4v) is 1.57. The average molecular weight is 284 g/mol. The van der Waals surface area contributed by atoms with Crippen LogP contribution in [0.25, 0.3) is 0 Å². The monoisotopic (exact) mass is 284 g/mol. The summed E-state index contributed by atoms with van der Waals surface area (Å²) in [4.78, 5) is 10.2. The Morgan fingerprint density at radius 2 is 2.15 bits per heavy atom. The molecule has 0 spiro atoms. The van der Waals surface area contributed by atoms with Crippen molar-refractivity contribution in [2.45, 2.75) is 19.4 Å². The molecule has 0 aromatic heterocycles. The van der Waals surface area contributed by atoms with Gasteiger partial charge in [-0.1, -0.05) is 6.92 Å². The summed E-state index contributed by atoms with van der Waals surface area (Å²) in [6, 6.07) is 4.08. The third kappa shape index (κ3) is 4.67. The van der Waals surface area contributed by atoms with E-state index in [0.29, 0.717) is 12.3 Å². The highest BCUT2D eigenvalue weighted by atomic mass is 16.6. The lowest BCUT2D eigenvalue weighted by Gasteiger charge is -2.24. The number of ether oxygens (including phenoxy) is 2. The van der Waals surface area contributed by atoms with Crippen LogP contribution in [0.15, 0.2) is 18.2 Å². The van der Waals surface area contributed by atoms with Gasteiger partial charge in [0.1, 0.15) is 12.2 Å². The fraction of sp³-hybridized carbons (Fsp3) is 0.538. The number of methoxy groups -OCH3 is 1. The molecule has 0 aliphatic rings. The summed E-state index contributed by atoms with van der Waals surface area (Å²) in [6.07, 6.45) is 0. The predicted molar refractivity (Wildman–Crippen MR) is 74.3 cm³/mol. The van der Waals surface area contributed by atoms with Crippen molar-refractivity contribution in [3.05, 3.63) is 28.3 Å². The van der Waals surface area contributed by atoms with Gasteiger partial charge in [0.05, 0.1) is 18.1 Å². The lowest BCUT2D eigenvalue weighted by Crippen LogP contribution is -2.42. The first-order valence-electron chi connectivity index (χ1n) is 6.28. The molecule has 0 aliphatic carbocycles. The third-order valence-corrected chi connectivity index (χ3v) is 2.65. The van der Waals surface area contributed by atoms with E-state index in [9.17, 15) is 15.2 Å². The molecule has 20 heavy (non-hydrogen) atoms. The lowest BCUT2D eigenvalue weighted by molar-refractivity contribution is -0.385. The summed E-state index contributed by atoms with van der Waals surface area (Å²) >= 11 is 0. The number of likely N-dealkylation sites (N-methyl/N-ethyl adjacent to an activating group) is 1. The van der Waals surface area contributed by atoms with Gasteiger partial charge in [-0.25, -0.2) is 0 Å². The molecule has 1 unspecified atom stereocenters. The number of nitrogens with zero attached hydrogens (tertiary/aromatic N) is 1. The van der Waals surface area contributed by atoms with Crippen molar-refractivity contribution < 1.29 is 19.5 Å². The van der Waals surface area contributed by atoms with Crippen LogP contribution in [0.5, 0.6) is 11.5 Å². The lowest BCUT2D eigenvalue weighted by atomic mass is 10.1. The summed E-state index contributed by atoms with van der Waals surface area (Å²) in [7, 11) is 1.45. The number of hydrogen-bond donors (Lipinski definition) is 2. The number of rotatable bonds is 8. The second kappa shape index (κ2) is 7.06. The minimum atomic E-state index is -1.08. The molecule has 0 radical (unpaired) electrons. The Hall–Kier alpha value is -1.86. The van der Waals surface area contributed by atoms with Crippen molar-refractivity contribution in [2.24, 2.45) is 0 Å². The van der Waals surface area contributed by atoms with Gasteiger partial charge >= 0.3 is 0 Å². The molecule has 0 saturated carbocycles. The van der Waals surface area contributed by atoms with Crippen LogP contribution in [0.2, 0.25) is 0 Å². The number of nitro groups is 1. The van der Waals surface area contributed by atoms with Crippen molar-refractivity contribution in [2.75, 3.05) is 26.8 Å². The minimum absolute atomic E-state index is 0.00245. The van der Waals surface area contributed by atoms with E-state index in [4.69, 9.17) is 9.47 Å². The number of nitro benzene ring substituents is 1. The molecular weight excluding hydrogens is 264 g/mol. The maximum atomic E-state index is 10.7. The van der Waals surface area contributed by atoms with Crippen molar-refractivity contribution in [1.29, 1.82) is 0 Å². The molecular formula is C13H20N2O5. The van der Waals surface area contributed by atoms with E-state index in [1.807, 2.05) is 6.92 Å². The Bertz CT molecular complexity index is 462. The van der Waals surface area contributed by atoms with Gasteiger partial charge in [-0.3, -0.25) is 10.1 Å². The van der Waals surface area contributed by atoms with Gasteiger partial charge in [-0.05, 0) is 19.5 Å². The maximum absolute atomic E-state index is 10.7. The highest BCUT2D eigenvalue weighted by molar-refractivity contribution is 5.48. The Labute approximate surface area is 117 Å². The van der Waals surface area contributed by atoms with Gasteiger partial charge in [0.25, 0.3) is 5.69 Å². The molecule has 1 rings (SSSR count). The smallest absolute Gasteiger partial charge is 0.273 e. The SMILES string of the molecule is CCNCC(C)(O)COc1cc([N+](=O)[O-])ccc1OC. The minimum Gasteiger partial charge on any atom is -0.493 e. The molecule has 0 fully saturated rings. The standard InChI is InChI=1S/C13H20N2O5/c1-4-14-8-13(2,16)9-20-12-7-10(15(17)18)5-6-11(12)19-3/h5-7,14,16H,4,8-9H2,1-3H3. The second-order valence-corrected chi connectivity index (χ2v) is 4.66. The molecule has 1 atom stereocenters. The Morgan fingerprint density at radius 3 is 2.70 bits per heavy atom. The molecule has 1 aromatic rings. The largest absolute Gasteiger partial charge is 0.493 e. The van der Waals surface area contributed by atoms with E-state index < -0.39 is 10.5 Å². The molecule has 0 aliphatic heterocycles. The normalized spacial score (nSPS) is 13.6. The summed E-state index contributed by atoms with van der Waals surface area (Å²) in [5.41, 5.74) is -1.17. The highest BCUT2D eigenvalue weighted by Crippen LogP contribution is 2.31. The number of benzene rings is 1. The zero-order chi connectivity index (χ0) is 15.2. The van der Waals surface area contributed by atoms with Crippen molar-refractivity contribution >= 4 is 5.69 Å². The van der Waals surface area contributed by atoms with E-state index >= 15 is 0 Å². The molecule has 0 saturated heterocycles. The quantitative estimate of drug-likeness (QED) is 0.552. The number of non-ortho nitro benzene ring substituents is 1. The number of aliphatic hydroxyl groups is 1. The Morgan fingerprint density at radius 1 is 1.45 bits per heavy atom. The Kier molecular flexibility index (Phi) is 5.72. The van der Waals surface area contributed by atoms with Crippen molar-refractivity contribution in [3.8, 4) is 11.5 Å². The van der Waals surface area contributed by atoms with Crippen molar-refractivity contribution in [3.63, 3.8) is 0 Å². The summed E-state index contributed by atoms with van der Waals surface area (Å²) in [5, 5.41) is 23.8. The summed E-state index contributed by atoms with van der Waals surface area (Å²) < 4.78 is 10.5. The maximum Gasteiger partial charge on any atom is 0.273 e. The first-order chi connectivity index (χ1) is 9.39. The highest BCUT2D eigenvalue weighted by Gasteiger charge is 2.22. The van der Waals surface area contributed by atoms with Crippen LogP contribution < -0.4 is 14.8 Å². The van der Waals surface area contributed by atoms with Crippen LogP contribution in [0.4, 0.5) is 5.69 Å². The van der Waals surface area contributed by atoms with Gasteiger partial charge in [-0.15, -0.1) is 0 Å². The van der Waals surface area contributed by atoms with Gasteiger partial charge in [-0.2, -0.15) is 0 Å².